The lowest BCUT2D eigenvalue weighted by Gasteiger charge is -2.02. The molecule has 0 atom stereocenters. The molecule has 0 unspecified atom stereocenters. The summed E-state index contributed by atoms with van der Waals surface area (Å²) in [5.74, 6) is 0. The van der Waals surface area contributed by atoms with Gasteiger partial charge in [-0.2, -0.15) is 0 Å². The largest absolute Gasteiger partial charge is 0.332 e. The van der Waals surface area contributed by atoms with Crippen molar-refractivity contribution in [3.8, 4) is 0 Å². The molecule has 3 nitrogen and oxygen atoms in total. The number of aryl methyl sites for hydroxylation is 2. The van der Waals surface area contributed by atoms with Crippen molar-refractivity contribution in [1.29, 1.82) is 0 Å². The van der Waals surface area contributed by atoms with Gasteiger partial charge in [0.25, 0.3) is 0 Å². The van der Waals surface area contributed by atoms with Crippen LogP contribution in [0.4, 0.5) is 0 Å². The molecule has 0 fully saturated rings. The van der Waals surface area contributed by atoms with Crippen molar-refractivity contribution in [2.45, 2.75) is 19.4 Å². The van der Waals surface area contributed by atoms with Gasteiger partial charge >= 0.3 is 0 Å². The van der Waals surface area contributed by atoms with E-state index in [1.807, 2.05) is 23.6 Å². The number of nitrogens with zero attached hydrogens (tertiary/aromatic N) is 2. The lowest BCUT2D eigenvalue weighted by atomic mass is 10.2. The number of hydrogen-bond acceptors (Lipinski definition) is 3. The first kappa shape index (κ1) is 12.4. The van der Waals surface area contributed by atoms with E-state index in [1.54, 1.807) is 0 Å². The molecule has 3 aromatic heterocycles. The zero-order chi connectivity index (χ0) is 13.1. The molecule has 98 valence electrons. The van der Waals surface area contributed by atoms with E-state index in [4.69, 9.17) is 5.73 Å². The van der Waals surface area contributed by atoms with E-state index in [2.05, 4.69) is 39.3 Å². The van der Waals surface area contributed by atoms with Crippen LogP contribution in [0.5, 0.6) is 0 Å². The first-order chi connectivity index (χ1) is 9.38. The van der Waals surface area contributed by atoms with Crippen LogP contribution in [0.2, 0.25) is 0 Å². The molecule has 0 saturated heterocycles. The summed E-state index contributed by atoms with van der Waals surface area (Å²) in [6, 6.07) is 8.41. The topological polar surface area (TPSA) is 43.8 Å². The molecule has 0 bridgehead atoms. The van der Waals surface area contributed by atoms with Crippen molar-refractivity contribution in [3.05, 3.63) is 52.5 Å². The number of nitrogens with two attached hydrogens (primary N) is 1. The van der Waals surface area contributed by atoms with E-state index in [1.165, 1.54) is 15.8 Å². The lowest BCUT2D eigenvalue weighted by molar-refractivity contribution is 0.719. The Morgan fingerprint density at radius 1 is 1.21 bits per heavy atom. The maximum absolute atomic E-state index is 5.68. The fourth-order valence-electron chi connectivity index (χ4n) is 2.41. The standard InChI is InChI=1S/C15H17N3S/c16-7-5-12-11-18(9-6-13-3-2-10-19-13)15-14(12)4-1-8-17-15/h1-4,8,10-11H,5-7,9,16H2. The Kier molecular flexibility index (Phi) is 3.62. The van der Waals surface area contributed by atoms with Gasteiger partial charge in [-0.05, 0) is 48.5 Å². The summed E-state index contributed by atoms with van der Waals surface area (Å²) in [5.41, 5.74) is 8.06. The monoisotopic (exact) mass is 271 g/mol. The van der Waals surface area contributed by atoms with Crippen molar-refractivity contribution >= 4 is 22.4 Å². The molecular weight excluding hydrogens is 254 g/mol. The summed E-state index contributed by atoms with van der Waals surface area (Å²) in [6.45, 7) is 1.65. The molecule has 0 aliphatic heterocycles. The Labute approximate surface area is 116 Å². The van der Waals surface area contributed by atoms with E-state index < -0.39 is 0 Å². The fourth-order valence-corrected chi connectivity index (χ4v) is 3.10. The second-order valence-electron chi connectivity index (χ2n) is 4.59. The maximum Gasteiger partial charge on any atom is 0.140 e. The average Bonchev–Trinajstić information content (AvgIpc) is 3.06. The van der Waals surface area contributed by atoms with Crippen molar-refractivity contribution in [2.24, 2.45) is 5.73 Å². The van der Waals surface area contributed by atoms with Gasteiger partial charge in [0, 0.05) is 29.2 Å². The quantitative estimate of drug-likeness (QED) is 0.775. The van der Waals surface area contributed by atoms with E-state index >= 15 is 0 Å². The Morgan fingerprint density at radius 2 is 2.16 bits per heavy atom. The third-order valence-corrected chi connectivity index (χ3v) is 4.25. The van der Waals surface area contributed by atoms with Crippen LogP contribution in [0.25, 0.3) is 11.0 Å². The van der Waals surface area contributed by atoms with Crippen LogP contribution in [0.15, 0.2) is 42.0 Å². The highest BCUT2D eigenvalue weighted by Gasteiger charge is 2.08. The molecule has 3 rings (SSSR count). The normalized spacial score (nSPS) is 11.2. The number of hydrogen-bond donors (Lipinski definition) is 1. The van der Waals surface area contributed by atoms with Crippen molar-refractivity contribution in [1.82, 2.24) is 9.55 Å². The first-order valence-corrected chi connectivity index (χ1v) is 7.41. The first-order valence-electron chi connectivity index (χ1n) is 6.53. The molecule has 0 amide bonds. The van der Waals surface area contributed by atoms with Gasteiger partial charge < -0.3 is 10.3 Å². The van der Waals surface area contributed by atoms with Crippen molar-refractivity contribution in [3.63, 3.8) is 0 Å². The number of rotatable bonds is 5. The molecule has 0 aromatic carbocycles. The maximum atomic E-state index is 5.68. The van der Waals surface area contributed by atoms with Crippen LogP contribution < -0.4 is 5.73 Å². The van der Waals surface area contributed by atoms with Gasteiger partial charge in [0.2, 0.25) is 0 Å². The molecular formula is C15H17N3S. The van der Waals surface area contributed by atoms with Gasteiger partial charge in [0.1, 0.15) is 5.65 Å². The van der Waals surface area contributed by atoms with Gasteiger partial charge in [0.15, 0.2) is 0 Å². The van der Waals surface area contributed by atoms with Crippen LogP contribution >= 0.6 is 11.3 Å². The zero-order valence-corrected chi connectivity index (χ0v) is 11.6. The molecule has 4 heteroatoms. The van der Waals surface area contributed by atoms with E-state index in [0.29, 0.717) is 6.54 Å². The molecule has 3 aromatic rings. The van der Waals surface area contributed by atoms with Crippen LogP contribution in [0.1, 0.15) is 10.4 Å². The third-order valence-electron chi connectivity index (χ3n) is 3.31. The van der Waals surface area contributed by atoms with E-state index in [9.17, 15) is 0 Å². The number of thiophene rings is 1. The highest BCUT2D eigenvalue weighted by Crippen LogP contribution is 2.20. The minimum Gasteiger partial charge on any atom is -0.332 e. The summed E-state index contributed by atoms with van der Waals surface area (Å²) in [6.07, 6.45) is 6.03. The predicted molar refractivity (Wildman–Crippen MR) is 80.5 cm³/mol. The van der Waals surface area contributed by atoms with Crippen LogP contribution in [-0.4, -0.2) is 16.1 Å². The number of aromatic nitrogens is 2. The van der Waals surface area contributed by atoms with Gasteiger partial charge in [-0.25, -0.2) is 4.98 Å². The van der Waals surface area contributed by atoms with E-state index in [-0.39, 0.29) is 0 Å². The molecule has 0 radical (unpaired) electrons. The van der Waals surface area contributed by atoms with Gasteiger partial charge in [-0.1, -0.05) is 6.07 Å². The van der Waals surface area contributed by atoms with Crippen molar-refractivity contribution in [2.75, 3.05) is 6.54 Å². The lowest BCUT2D eigenvalue weighted by Crippen LogP contribution is -2.02. The average molecular weight is 271 g/mol. The van der Waals surface area contributed by atoms with Gasteiger partial charge in [-0.15, -0.1) is 11.3 Å². The number of fused-ring (bicyclic) bond motifs is 1. The second-order valence-corrected chi connectivity index (χ2v) is 5.62. The molecule has 0 aliphatic rings. The zero-order valence-electron chi connectivity index (χ0n) is 10.7. The highest BCUT2D eigenvalue weighted by atomic mass is 32.1. The molecule has 0 spiro atoms. The predicted octanol–water partition coefficient (Wildman–Crippen LogP) is 2.84. The fraction of sp³-hybridized carbons (Fsp3) is 0.267. The minimum absolute atomic E-state index is 0.679. The van der Waals surface area contributed by atoms with Crippen LogP contribution in [-0.2, 0) is 19.4 Å². The van der Waals surface area contributed by atoms with E-state index in [0.717, 1.165) is 25.0 Å². The SMILES string of the molecule is NCCc1cn(CCc2cccs2)c2ncccc12. The Morgan fingerprint density at radius 3 is 2.95 bits per heavy atom. The molecule has 19 heavy (non-hydrogen) atoms. The highest BCUT2D eigenvalue weighted by molar-refractivity contribution is 7.09. The summed E-state index contributed by atoms with van der Waals surface area (Å²) >= 11 is 1.81. The number of pyridine rings is 1. The van der Waals surface area contributed by atoms with Crippen LogP contribution in [0, 0.1) is 0 Å². The summed E-state index contributed by atoms with van der Waals surface area (Å²) < 4.78 is 2.25. The Hall–Kier alpha value is -1.65. The second kappa shape index (κ2) is 5.55. The van der Waals surface area contributed by atoms with Crippen molar-refractivity contribution < 1.29 is 0 Å². The third kappa shape index (κ3) is 2.55. The summed E-state index contributed by atoms with van der Waals surface area (Å²) in [4.78, 5) is 5.92. The molecule has 0 aliphatic carbocycles. The molecule has 3 heterocycles. The van der Waals surface area contributed by atoms with Gasteiger partial charge in [0.05, 0.1) is 0 Å². The van der Waals surface area contributed by atoms with Gasteiger partial charge in [-0.3, -0.25) is 0 Å². The summed E-state index contributed by atoms with van der Waals surface area (Å²) in [7, 11) is 0. The molecule has 2 N–H and O–H groups in total. The Bertz CT molecular complexity index is 655. The van der Waals surface area contributed by atoms with Crippen LogP contribution in [0.3, 0.4) is 0 Å². The molecule has 0 saturated carbocycles. The smallest absolute Gasteiger partial charge is 0.140 e. The minimum atomic E-state index is 0.679. The Balaban J connectivity index is 1.90. The summed E-state index contributed by atoms with van der Waals surface area (Å²) in [5, 5.41) is 3.36.